The van der Waals surface area contributed by atoms with E-state index in [2.05, 4.69) is 35.1 Å². The van der Waals surface area contributed by atoms with Crippen LogP contribution in [0.4, 0.5) is 4.39 Å². The first kappa shape index (κ1) is 16.4. The van der Waals surface area contributed by atoms with E-state index in [0.29, 0.717) is 22.0 Å². The lowest BCUT2D eigenvalue weighted by Crippen LogP contribution is -2.43. The van der Waals surface area contributed by atoms with E-state index in [1.165, 1.54) is 12.1 Å². The number of halogens is 2. The number of piperidine rings is 1. The Morgan fingerprint density at radius 1 is 1.52 bits per heavy atom. The number of nitrogens with zero attached hydrogens (tertiary/aromatic N) is 1. The second-order valence-electron chi connectivity index (χ2n) is 5.95. The topological polar surface area (TPSA) is 32.3 Å². The van der Waals surface area contributed by atoms with Crippen molar-refractivity contribution >= 4 is 21.8 Å². The third kappa shape index (κ3) is 4.51. The van der Waals surface area contributed by atoms with Crippen molar-refractivity contribution in [3.8, 4) is 0 Å². The van der Waals surface area contributed by atoms with Crippen molar-refractivity contribution in [3.63, 3.8) is 0 Å². The summed E-state index contributed by atoms with van der Waals surface area (Å²) in [5.74, 6) is 0.00430. The van der Waals surface area contributed by atoms with Crippen molar-refractivity contribution in [3.05, 3.63) is 34.1 Å². The first-order chi connectivity index (χ1) is 9.97. The monoisotopic (exact) mass is 356 g/mol. The van der Waals surface area contributed by atoms with Gasteiger partial charge < -0.3 is 10.2 Å². The quantitative estimate of drug-likeness (QED) is 0.895. The van der Waals surface area contributed by atoms with Gasteiger partial charge in [0.05, 0.1) is 5.56 Å². The zero-order valence-corrected chi connectivity index (χ0v) is 14.1. The van der Waals surface area contributed by atoms with Gasteiger partial charge in [-0.3, -0.25) is 4.79 Å². The number of likely N-dealkylation sites (tertiary alicyclic amines) is 1. The zero-order chi connectivity index (χ0) is 15.4. The van der Waals surface area contributed by atoms with Crippen LogP contribution in [0.25, 0.3) is 0 Å². The van der Waals surface area contributed by atoms with Crippen LogP contribution in [0.15, 0.2) is 22.7 Å². The molecule has 1 N–H and O–H groups in total. The summed E-state index contributed by atoms with van der Waals surface area (Å²) in [5.41, 5.74) is 0.410. The summed E-state index contributed by atoms with van der Waals surface area (Å²) in [6, 6.07) is 4.70. The summed E-state index contributed by atoms with van der Waals surface area (Å²) >= 11 is 3.34. The average Bonchev–Trinajstić information content (AvgIpc) is 2.47. The SMILES string of the molecule is CC(C)NCC1CCCN(C(=O)c2cc(F)ccc2Br)C1. The normalized spacial score (nSPS) is 19.1. The van der Waals surface area contributed by atoms with Crippen LogP contribution in [0, 0.1) is 11.7 Å². The molecule has 1 aliphatic heterocycles. The summed E-state index contributed by atoms with van der Waals surface area (Å²) in [6.45, 7) is 6.65. The minimum Gasteiger partial charge on any atom is -0.338 e. The van der Waals surface area contributed by atoms with Crippen LogP contribution in [-0.4, -0.2) is 36.5 Å². The second-order valence-corrected chi connectivity index (χ2v) is 6.80. The maximum Gasteiger partial charge on any atom is 0.255 e. The fourth-order valence-corrected chi connectivity index (χ4v) is 3.07. The summed E-state index contributed by atoms with van der Waals surface area (Å²) < 4.78 is 14.0. The van der Waals surface area contributed by atoms with Crippen LogP contribution in [0.5, 0.6) is 0 Å². The Morgan fingerprint density at radius 2 is 2.29 bits per heavy atom. The molecular weight excluding hydrogens is 335 g/mol. The lowest BCUT2D eigenvalue weighted by Gasteiger charge is -2.33. The standard InChI is InChI=1S/C16H22BrFN2O/c1-11(2)19-9-12-4-3-7-20(10-12)16(21)14-8-13(18)5-6-15(14)17/h5-6,8,11-12,19H,3-4,7,9-10H2,1-2H3. The predicted octanol–water partition coefficient (Wildman–Crippen LogP) is 3.44. The maximum absolute atomic E-state index is 13.4. The minimum atomic E-state index is -0.378. The van der Waals surface area contributed by atoms with Crippen molar-refractivity contribution in [1.29, 1.82) is 0 Å². The van der Waals surface area contributed by atoms with E-state index in [9.17, 15) is 9.18 Å². The van der Waals surface area contributed by atoms with E-state index >= 15 is 0 Å². The molecule has 0 bridgehead atoms. The van der Waals surface area contributed by atoms with Gasteiger partial charge >= 0.3 is 0 Å². The van der Waals surface area contributed by atoms with Gasteiger partial charge in [-0.2, -0.15) is 0 Å². The van der Waals surface area contributed by atoms with E-state index in [0.717, 1.165) is 32.5 Å². The molecule has 0 radical (unpaired) electrons. The van der Waals surface area contributed by atoms with Crippen LogP contribution in [0.2, 0.25) is 0 Å². The fraction of sp³-hybridized carbons (Fsp3) is 0.562. The zero-order valence-electron chi connectivity index (χ0n) is 12.5. The number of amides is 1. The molecule has 1 atom stereocenters. The van der Waals surface area contributed by atoms with Gasteiger partial charge in [-0.25, -0.2) is 4.39 Å². The molecule has 0 spiro atoms. The molecule has 2 rings (SSSR count). The Morgan fingerprint density at radius 3 is 3.00 bits per heavy atom. The number of nitrogens with one attached hydrogen (secondary N) is 1. The molecular formula is C16H22BrFN2O. The second kappa shape index (κ2) is 7.36. The lowest BCUT2D eigenvalue weighted by atomic mass is 9.97. The van der Waals surface area contributed by atoms with Crippen molar-refractivity contribution in [2.75, 3.05) is 19.6 Å². The molecule has 21 heavy (non-hydrogen) atoms. The van der Waals surface area contributed by atoms with E-state index in [4.69, 9.17) is 0 Å². The minimum absolute atomic E-state index is 0.0874. The molecule has 0 aliphatic carbocycles. The molecule has 1 heterocycles. The van der Waals surface area contributed by atoms with Gasteiger partial charge in [0, 0.05) is 23.6 Å². The molecule has 0 saturated carbocycles. The van der Waals surface area contributed by atoms with Gasteiger partial charge in [-0.05, 0) is 59.4 Å². The number of hydrogen-bond donors (Lipinski definition) is 1. The Bertz CT molecular complexity index is 507. The van der Waals surface area contributed by atoms with Gasteiger partial charge in [0.1, 0.15) is 5.82 Å². The van der Waals surface area contributed by atoms with Gasteiger partial charge in [-0.1, -0.05) is 13.8 Å². The van der Waals surface area contributed by atoms with Gasteiger partial charge in [0.15, 0.2) is 0 Å². The van der Waals surface area contributed by atoms with Crippen LogP contribution in [-0.2, 0) is 0 Å². The molecule has 0 aromatic heterocycles. The highest BCUT2D eigenvalue weighted by Crippen LogP contribution is 2.23. The van der Waals surface area contributed by atoms with Crippen LogP contribution >= 0.6 is 15.9 Å². The molecule has 3 nitrogen and oxygen atoms in total. The highest BCUT2D eigenvalue weighted by atomic mass is 79.9. The first-order valence-corrected chi connectivity index (χ1v) is 8.24. The Balaban J connectivity index is 2.03. The Hall–Kier alpha value is -0.940. The molecule has 5 heteroatoms. The van der Waals surface area contributed by atoms with Crippen molar-refractivity contribution < 1.29 is 9.18 Å². The molecule has 1 aliphatic rings. The number of rotatable bonds is 4. The average molecular weight is 357 g/mol. The lowest BCUT2D eigenvalue weighted by molar-refractivity contribution is 0.0671. The Labute approximate surface area is 134 Å². The summed E-state index contributed by atoms with van der Waals surface area (Å²) in [7, 11) is 0. The molecule has 116 valence electrons. The highest BCUT2D eigenvalue weighted by Gasteiger charge is 2.25. The van der Waals surface area contributed by atoms with Gasteiger partial charge in [0.25, 0.3) is 5.91 Å². The fourth-order valence-electron chi connectivity index (χ4n) is 2.65. The van der Waals surface area contributed by atoms with Gasteiger partial charge in [-0.15, -0.1) is 0 Å². The predicted molar refractivity (Wildman–Crippen MR) is 85.9 cm³/mol. The number of carbonyl (C=O) groups is 1. The molecule has 1 aromatic carbocycles. The van der Waals surface area contributed by atoms with E-state index in [1.807, 2.05) is 4.90 Å². The third-order valence-electron chi connectivity index (χ3n) is 3.78. The third-order valence-corrected chi connectivity index (χ3v) is 4.47. The van der Waals surface area contributed by atoms with Crippen molar-refractivity contribution in [2.24, 2.45) is 5.92 Å². The van der Waals surface area contributed by atoms with Crippen LogP contribution in [0.3, 0.4) is 0 Å². The molecule has 1 saturated heterocycles. The largest absolute Gasteiger partial charge is 0.338 e. The summed E-state index contributed by atoms with van der Waals surface area (Å²) in [4.78, 5) is 14.4. The van der Waals surface area contributed by atoms with Gasteiger partial charge in [0.2, 0.25) is 0 Å². The smallest absolute Gasteiger partial charge is 0.255 e. The molecule has 1 aromatic rings. The van der Waals surface area contributed by atoms with E-state index in [1.54, 1.807) is 6.07 Å². The molecule has 1 fully saturated rings. The Kier molecular flexibility index (Phi) is 5.76. The number of benzene rings is 1. The summed E-state index contributed by atoms with van der Waals surface area (Å²) in [5, 5.41) is 3.43. The number of carbonyl (C=O) groups excluding carboxylic acids is 1. The number of hydrogen-bond acceptors (Lipinski definition) is 2. The van der Waals surface area contributed by atoms with Crippen LogP contribution in [0.1, 0.15) is 37.0 Å². The summed E-state index contributed by atoms with van der Waals surface area (Å²) in [6.07, 6.45) is 2.14. The van der Waals surface area contributed by atoms with Crippen LogP contribution < -0.4 is 5.32 Å². The molecule has 1 amide bonds. The maximum atomic E-state index is 13.4. The van der Waals surface area contributed by atoms with Crippen molar-refractivity contribution in [1.82, 2.24) is 10.2 Å². The van der Waals surface area contributed by atoms with Crippen molar-refractivity contribution in [2.45, 2.75) is 32.7 Å². The molecule has 1 unspecified atom stereocenters. The first-order valence-electron chi connectivity index (χ1n) is 7.45. The van der Waals surface area contributed by atoms with E-state index < -0.39 is 0 Å². The van der Waals surface area contributed by atoms with E-state index in [-0.39, 0.29) is 11.7 Å². The highest BCUT2D eigenvalue weighted by molar-refractivity contribution is 9.10.